The molecule has 0 radical (unpaired) electrons. The quantitative estimate of drug-likeness (QED) is 0.628. The molecule has 0 N–H and O–H groups in total. The van der Waals surface area contributed by atoms with Crippen molar-refractivity contribution in [3.63, 3.8) is 0 Å². The molecule has 0 bridgehead atoms. The minimum atomic E-state index is -0.216. The number of benzene rings is 1. The van der Waals surface area contributed by atoms with Crippen molar-refractivity contribution in [1.29, 1.82) is 0 Å². The van der Waals surface area contributed by atoms with Crippen LogP contribution < -0.4 is 0 Å². The predicted octanol–water partition coefficient (Wildman–Crippen LogP) is 3.84. The summed E-state index contributed by atoms with van der Waals surface area (Å²) in [5, 5.41) is 0. The van der Waals surface area contributed by atoms with E-state index in [2.05, 4.69) is 43.5 Å². The summed E-state index contributed by atoms with van der Waals surface area (Å²) in [7, 11) is 0. The first-order valence-electron chi connectivity index (χ1n) is 3.82. The molecule has 13 heavy (non-hydrogen) atoms. The van der Waals surface area contributed by atoms with Gasteiger partial charge in [0.2, 0.25) is 0 Å². The van der Waals surface area contributed by atoms with Crippen molar-refractivity contribution in [1.82, 2.24) is 0 Å². The average Bonchev–Trinajstić information content (AvgIpc) is 2.31. The Kier molecular flexibility index (Phi) is 2.44. The van der Waals surface area contributed by atoms with Crippen molar-refractivity contribution in [3.8, 4) is 0 Å². The zero-order chi connectivity index (χ0) is 9.59. The first-order valence-corrected chi connectivity index (χ1v) is 5.69. The summed E-state index contributed by atoms with van der Waals surface area (Å²) < 4.78 is 14.6. The summed E-state index contributed by atoms with van der Waals surface area (Å²) in [6, 6.07) is 3.43. The molecule has 0 saturated heterocycles. The summed E-state index contributed by atoms with van der Waals surface area (Å²) in [6.45, 7) is 1.97. The van der Waals surface area contributed by atoms with Gasteiger partial charge in [0.15, 0.2) is 0 Å². The van der Waals surface area contributed by atoms with Crippen LogP contribution in [-0.2, 0) is 0 Å². The van der Waals surface area contributed by atoms with Crippen LogP contribution >= 0.6 is 38.5 Å². The fourth-order valence-electron chi connectivity index (χ4n) is 1.40. The molecule has 1 aromatic rings. The van der Waals surface area contributed by atoms with Crippen LogP contribution in [-0.4, -0.2) is 3.72 Å². The lowest BCUT2D eigenvalue weighted by atomic mass is 10.1. The minimum Gasteiger partial charge on any atom is -0.270 e. The molecular weight excluding hydrogens is 348 g/mol. The first-order chi connectivity index (χ1) is 6.09. The fourth-order valence-corrected chi connectivity index (χ4v) is 2.62. The van der Waals surface area contributed by atoms with Gasteiger partial charge in [0.25, 0.3) is 0 Å². The van der Waals surface area contributed by atoms with Gasteiger partial charge in [0, 0.05) is 5.56 Å². The highest BCUT2D eigenvalue weighted by molar-refractivity contribution is 14.1. The molecule has 1 unspecified atom stereocenters. The molecule has 1 heterocycles. The molecule has 0 aliphatic carbocycles. The second kappa shape index (κ2) is 3.31. The Labute approximate surface area is 97.7 Å². The van der Waals surface area contributed by atoms with Crippen molar-refractivity contribution in [2.24, 2.45) is 4.99 Å². The lowest BCUT2D eigenvalue weighted by Gasteiger charge is -2.04. The lowest BCUT2D eigenvalue weighted by molar-refractivity contribution is 0.616. The van der Waals surface area contributed by atoms with Crippen LogP contribution in [0.15, 0.2) is 21.6 Å². The smallest absolute Gasteiger partial charge is 0.137 e. The van der Waals surface area contributed by atoms with Gasteiger partial charge in [-0.25, -0.2) is 4.39 Å². The Bertz CT molecular complexity index is 403. The molecule has 0 saturated carbocycles. The van der Waals surface area contributed by atoms with Crippen LogP contribution in [0.3, 0.4) is 0 Å². The largest absolute Gasteiger partial charge is 0.270 e. The van der Waals surface area contributed by atoms with Crippen LogP contribution in [0, 0.1) is 5.82 Å². The molecule has 1 aliphatic heterocycles. The van der Waals surface area contributed by atoms with Gasteiger partial charge < -0.3 is 0 Å². The van der Waals surface area contributed by atoms with Crippen LogP contribution in [0.5, 0.6) is 0 Å². The molecule has 2 rings (SSSR count). The molecule has 4 heteroatoms. The maximum absolute atomic E-state index is 13.2. The Balaban J connectivity index is 2.65. The molecule has 0 spiro atoms. The Morgan fingerprint density at radius 3 is 2.92 bits per heavy atom. The standard InChI is InChI=1S/C9H6BrFIN/c1-4-5-3-8(11)7(10)2-6(5)9(12)13-4/h2-4H,1H3. The van der Waals surface area contributed by atoms with E-state index < -0.39 is 0 Å². The van der Waals surface area contributed by atoms with Crippen molar-refractivity contribution in [2.75, 3.05) is 0 Å². The van der Waals surface area contributed by atoms with E-state index in [1.54, 1.807) is 12.1 Å². The Hall–Kier alpha value is 0.0300. The molecule has 1 aromatic carbocycles. The highest BCUT2D eigenvalue weighted by Gasteiger charge is 2.21. The summed E-state index contributed by atoms with van der Waals surface area (Å²) in [4.78, 5) is 4.35. The first kappa shape index (κ1) is 9.58. The highest BCUT2D eigenvalue weighted by Crippen LogP contribution is 2.34. The van der Waals surface area contributed by atoms with Gasteiger partial charge in [-0.2, -0.15) is 0 Å². The van der Waals surface area contributed by atoms with E-state index in [1.165, 1.54) is 0 Å². The van der Waals surface area contributed by atoms with E-state index in [-0.39, 0.29) is 11.9 Å². The van der Waals surface area contributed by atoms with Gasteiger partial charge in [-0.1, -0.05) is 0 Å². The van der Waals surface area contributed by atoms with Crippen molar-refractivity contribution in [3.05, 3.63) is 33.5 Å². The van der Waals surface area contributed by atoms with Gasteiger partial charge in [-0.3, -0.25) is 4.99 Å². The second-order valence-electron chi connectivity index (χ2n) is 2.95. The summed E-state index contributed by atoms with van der Waals surface area (Å²) >= 11 is 5.34. The van der Waals surface area contributed by atoms with E-state index in [4.69, 9.17) is 0 Å². The molecule has 0 amide bonds. The van der Waals surface area contributed by atoms with Crippen LogP contribution in [0.1, 0.15) is 24.1 Å². The molecule has 1 aliphatic rings. The summed E-state index contributed by atoms with van der Waals surface area (Å²) in [6.07, 6.45) is 0. The summed E-state index contributed by atoms with van der Waals surface area (Å²) in [5.41, 5.74) is 2.02. The molecule has 1 nitrogen and oxygen atoms in total. The maximum Gasteiger partial charge on any atom is 0.137 e. The van der Waals surface area contributed by atoms with E-state index in [0.29, 0.717) is 4.47 Å². The number of halogens is 3. The molecule has 68 valence electrons. The van der Waals surface area contributed by atoms with E-state index in [0.717, 1.165) is 14.8 Å². The van der Waals surface area contributed by atoms with Gasteiger partial charge in [0.1, 0.15) is 9.54 Å². The minimum absolute atomic E-state index is 0.0875. The maximum atomic E-state index is 13.2. The van der Waals surface area contributed by atoms with Crippen molar-refractivity contribution >= 4 is 42.2 Å². The second-order valence-corrected chi connectivity index (χ2v) is 4.83. The fraction of sp³-hybridized carbons (Fsp3) is 0.222. The normalized spacial score (nSPS) is 20.0. The zero-order valence-corrected chi connectivity index (χ0v) is 10.6. The predicted molar refractivity (Wildman–Crippen MR) is 63.1 cm³/mol. The number of aliphatic imine (C=N–C) groups is 1. The van der Waals surface area contributed by atoms with Crippen molar-refractivity contribution < 1.29 is 4.39 Å². The molecule has 0 fully saturated rings. The zero-order valence-electron chi connectivity index (χ0n) is 6.81. The monoisotopic (exact) mass is 353 g/mol. The topological polar surface area (TPSA) is 12.4 Å². The van der Waals surface area contributed by atoms with Gasteiger partial charge in [-0.05, 0) is 63.1 Å². The molecule has 1 atom stereocenters. The molecule has 0 aromatic heterocycles. The molecular formula is C9H6BrFIN. The SMILES string of the molecule is CC1N=C(I)c2cc(Br)c(F)cc21. The Morgan fingerprint density at radius 1 is 1.54 bits per heavy atom. The highest BCUT2D eigenvalue weighted by atomic mass is 127. The van der Waals surface area contributed by atoms with Crippen LogP contribution in [0.2, 0.25) is 0 Å². The third-order valence-corrected chi connectivity index (χ3v) is 3.54. The number of fused-ring (bicyclic) bond motifs is 1. The number of hydrogen-bond acceptors (Lipinski definition) is 1. The third kappa shape index (κ3) is 1.54. The van der Waals surface area contributed by atoms with E-state index in [9.17, 15) is 4.39 Å². The third-order valence-electron chi connectivity index (χ3n) is 2.07. The van der Waals surface area contributed by atoms with Crippen LogP contribution in [0.4, 0.5) is 4.39 Å². The summed E-state index contributed by atoms with van der Waals surface area (Å²) in [5.74, 6) is -0.216. The van der Waals surface area contributed by atoms with E-state index in [1.807, 2.05) is 6.92 Å². The van der Waals surface area contributed by atoms with Gasteiger partial charge in [0.05, 0.1) is 10.5 Å². The van der Waals surface area contributed by atoms with E-state index >= 15 is 0 Å². The Morgan fingerprint density at radius 2 is 2.23 bits per heavy atom. The average molecular weight is 354 g/mol. The number of nitrogens with zero attached hydrogens (tertiary/aromatic N) is 1. The van der Waals surface area contributed by atoms with Gasteiger partial charge in [-0.15, -0.1) is 0 Å². The number of rotatable bonds is 0. The van der Waals surface area contributed by atoms with Crippen molar-refractivity contribution in [2.45, 2.75) is 13.0 Å². The van der Waals surface area contributed by atoms with Crippen LogP contribution in [0.25, 0.3) is 0 Å². The van der Waals surface area contributed by atoms with Gasteiger partial charge >= 0.3 is 0 Å². The lowest BCUT2D eigenvalue weighted by Crippen LogP contribution is -1.92. The number of hydrogen-bond donors (Lipinski definition) is 0.